The van der Waals surface area contributed by atoms with Crippen LogP contribution in [-0.2, 0) is 14.8 Å². The van der Waals surface area contributed by atoms with Gasteiger partial charge in [0.1, 0.15) is 10.7 Å². The zero-order valence-electron chi connectivity index (χ0n) is 11.2. The van der Waals surface area contributed by atoms with Gasteiger partial charge in [-0.1, -0.05) is 6.92 Å². The van der Waals surface area contributed by atoms with Gasteiger partial charge in [-0.05, 0) is 24.6 Å². The molecule has 3 N–H and O–H groups in total. The van der Waals surface area contributed by atoms with E-state index >= 15 is 0 Å². The molecular formula is C12H15FN2O5S. The van der Waals surface area contributed by atoms with Crippen molar-refractivity contribution in [2.45, 2.75) is 18.2 Å². The molecule has 0 unspecified atom stereocenters. The maximum atomic E-state index is 13.5. The second-order valence-corrected chi connectivity index (χ2v) is 5.86. The third-order valence-corrected chi connectivity index (χ3v) is 3.88. The number of hydrogen-bond acceptors (Lipinski definition) is 4. The predicted octanol–water partition coefficient (Wildman–Crippen LogP) is 0.328. The van der Waals surface area contributed by atoms with E-state index in [0.29, 0.717) is 19.0 Å². The molecule has 0 aromatic heterocycles. The Hall–Kier alpha value is -2.00. The predicted molar refractivity (Wildman–Crippen MR) is 71.8 cm³/mol. The van der Waals surface area contributed by atoms with Crippen molar-refractivity contribution < 1.29 is 27.5 Å². The molecule has 7 nitrogen and oxygen atoms in total. The van der Waals surface area contributed by atoms with Gasteiger partial charge in [-0.3, -0.25) is 4.79 Å². The van der Waals surface area contributed by atoms with Gasteiger partial charge in [-0.2, -0.15) is 0 Å². The van der Waals surface area contributed by atoms with Crippen molar-refractivity contribution in [1.82, 2.24) is 10.0 Å². The number of carboxylic acids is 1. The average molecular weight is 318 g/mol. The number of amides is 1. The van der Waals surface area contributed by atoms with E-state index in [4.69, 9.17) is 5.11 Å². The Morgan fingerprint density at radius 1 is 1.33 bits per heavy atom. The lowest BCUT2D eigenvalue weighted by atomic mass is 10.2. The van der Waals surface area contributed by atoms with Gasteiger partial charge in [0.15, 0.2) is 0 Å². The van der Waals surface area contributed by atoms with Gasteiger partial charge in [0.05, 0.1) is 12.1 Å². The van der Waals surface area contributed by atoms with Crippen molar-refractivity contribution in [3.63, 3.8) is 0 Å². The number of halogens is 1. The molecule has 21 heavy (non-hydrogen) atoms. The number of benzene rings is 1. The summed E-state index contributed by atoms with van der Waals surface area (Å²) in [6.45, 7) is 1.67. The SMILES string of the molecule is CCCNC(=O)CNS(=O)(=O)c1cc(C(=O)O)ccc1F. The number of carbonyl (C=O) groups excluding carboxylic acids is 1. The number of aromatic carboxylic acids is 1. The minimum absolute atomic E-state index is 0.368. The molecule has 0 fully saturated rings. The van der Waals surface area contributed by atoms with Crippen LogP contribution in [0.2, 0.25) is 0 Å². The molecule has 0 bridgehead atoms. The second kappa shape index (κ2) is 7.14. The maximum absolute atomic E-state index is 13.5. The summed E-state index contributed by atoms with van der Waals surface area (Å²) in [5.74, 6) is -3.04. The highest BCUT2D eigenvalue weighted by Gasteiger charge is 2.21. The first kappa shape index (κ1) is 17.1. The molecule has 0 heterocycles. The van der Waals surface area contributed by atoms with E-state index in [1.165, 1.54) is 0 Å². The summed E-state index contributed by atoms with van der Waals surface area (Å²) >= 11 is 0. The third-order valence-electron chi connectivity index (χ3n) is 2.46. The molecule has 116 valence electrons. The van der Waals surface area contributed by atoms with Crippen LogP contribution in [0.5, 0.6) is 0 Å². The van der Waals surface area contributed by atoms with Crippen molar-refractivity contribution >= 4 is 21.9 Å². The van der Waals surface area contributed by atoms with E-state index < -0.39 is 39.2 Å². The number of sulfonamides is 1. The number of carbonyl (C=O) groups is 2. The number of carboxylic acid groups (broad SMARTS) is 1. The van der Waals surface area contributed by atoms with E-state index in [1.807, 2.05) is 11.6 Å². The molecule has 0 aliphatic carbocycles. The minimum atomic E-state index is -4.32. The molecule has 1 aromatic carbocycles. The smallest absolute Gasteiger partial charge is 0.335 e. The number of hydrogen-bond donors (Lipinski definition) is 3. The van der Waals surface area contributed by atoms with Crippen molar-refractivity contribution in [3.8, 4) is 0 Å². The molecule has 0 atom stereocenters. The fourth-order valence-electron chi connectivity index (χ4n) is 1.41. The summed E-state index contributed by atoms with van der Waals surface area (Å²) in [7, 11) is -4.32. The summed E-state index contributed by atoms with van der Waals surface area (Å²) in [4.78, 5) is 21.3. The molecule has 1 rings (SSSR count). The number of rotatable bonds is 7. The first-order chi connectivity index (χ1) is 9.77. The molecule has 0 spiro atoms. The quantitative estimate of drug-likeness (QED) is 0.670. The fourth-order valence-corrected chi connectivity index (χ4v) is 2.49. The monoisotopic (exact) mass is 318 g/mol. The topological polar surface area (TPSA) is 113 Å². The van der Waals surface area contributed by atoms with E-state index in [9.17, 15) is 22.4 Å². The van der Waals surface area contributed by atoms with Gasteiger partial charge in [0.25, 0.3) is 0 Å². The summed E-state index contributed by atoms with van der Waals surface area (Å²) in [6, 6.07) is 2.39. The minimum Gasteiger partial charge on any atom is -0.478 e. The van der Waals surface area contributed by atoms with Crippen molar-refractivity contribution in [2.24, 2.45) is 0 Å². The van der Waals surface area contributed by atoms with Crippen molar-refractivity contribution in [3.05, 3.63) is 29.6 Å². The normalized spacial score (nSPS) is 11.1. The molecule has 9 heteroatoms. The maximum Gasteiger partial charge on any atom is 0.335 e. The largest absolute Gasteiger partial charge is 0.478 e. The molecule has 0 aliphatic rings. The molecule has 0 aliphatic heterocycles. The standard InChI is InChI=1S/C12H15FN2O5S/c1-2-5-14-11(16)7-15-21(19,20)10-6-8(12(17)18)3-4-9(10)13/h3-4,6,15H,2,5,7H2,1H3,(H,14,16)(H,17,18). The molecule has 1 aromatic rings. The van der Waals surface area contributed by atoms with Gasteiger partial charge in [-0.25, -0.2) is 22.3 Å². The lowest BCUT2D eigenvalue weighted by molar-refractivity contribution is -0.119. The van der Waals surface area contributed by atoms with Crippen LogP contribution >= 0.6 is 0 Å². The van der Waals surface area contributed by atoms with Gasteiger partial charge < -0.3 is 10.4 Å². The molecule has 0 saturated heterocycles. The Balaban J connectivity index is 2.90. The first-order valence-corrected chi connectivity index (χ1v) is 7.55. The van der Waals surface area contributed by atoms with Gasteiger partial charge in [0.2, 0.25) is 15.9 Å². The van der Waals surface area contributed by atoms with Gasteiger partial charge in [-0.15, -0.1) is 0 Å². The Kier molecular flexibility index (Phi) is 5.79. The van der Waals surface area contributed by atoms with Crippen LogP contribution in [0.4, 0.5) is 4.39 Å². The fraction of sp³-hybridized carbons (Fsp3) is 0.333. The molecular weight excluding hydrogens is 303 g/mol. The first-order valence-electron chi connectivity index (χ1n) is 6.07. The van der Waals surface area contributed by atoms with E-state index in [1.54, 1.807) is 0 Å². The van der Waals surface area contributed by atoms with Crippen LogP contribution in [0.3, 0.4) is 0 Å². The lowest BCUT2D eigenvalue weighted by Gasteiger charge is -2.08. The summed E-state index contributed by atoms with van der Waals surface area (Å²) in [5, 5.41) is 11.2. The van der Waals surface area contributed by atoms with E-state index in [-0.39, 0.29) is 5.56 Å². The lowest BCUT2D eigenvalue weighted by Crippen LogP contribution is -2.37. The van der Waals surface area contributed by atoms with Crippen LogP contribution in [0, 0.1) is 5.82 Å². The highest BCUT2D eigenvalue weighted by molar-refractivity contribution is 7.89. The zero-order valence-corrected chi connectivity index (χ0v) is 12.0. The van der Waals surface area contributed by atoms with Crippen LogP contribution in [-0.4, -0.2) is 38.5 Å². The van der Waals surface area contributed by atoms with Crippen molar-refractivity contribution in [1.29, 1.82) is 0 Å². The summed E-state index contributed by atoms with van der Waals surface area (Å²) in [5.41, 5.74) is -0.368. The van der Waals surface area contributed by atoms with Crippen molar-refractivity contribution in [2.75, 3.05) is 13.1 Å². The Morgan fingerprint density at radius 2 is 2.00 bits per heavy atom. The van der Waals surface area contributed by atoms with Crippen LogP contribution in [0.15, 0.2) is 23.1 Å². The van der Waals surface area contributed by atoms with Gasteiger partial charge >= 0.3 is 5.97 Å². The van der Waals surface area contributed by atoms with E-state index in [2.05, 4.69) is 5.32 Å². The van der Waals surface area contributed by atoms with Crippen LogP contribution < -0.4 is 10.0 Å². The highest BCUT2D eigenvalue weighted by Crippen LogP contribution is 2.16. The Labute approximate surface area is 121 Å². The average Bonchev–Trinajstić information content (AvgIpc) is 2.43. The Bertz CT molecular complexity index is 645. The van der Waals surface area contributed by atoms with Crippen LogP contribution in [0.25, 0.3) is 0 Å². The zero-order chi connectivity index (χ0) is 16.0. The molecule has 0 radical (unpaired) electrons. The van der Waals surface area contributed by atoms with Gasteiger partial charge in [0, 0.05) is 6.54 Å². The summed E-state index contributed by atoms with van der Waals surface area (Å²) < 4.78 is 39.2. The second-order valence-electron chi connectivity index (χ2n) is 4.12. The molecule has 0 saturated carbocycles. The highest BCUT2D eigenvalue weighted by atomic mass is 32.2. The Morgan fingerprint density at radius 3 is 2.57 bits per heavy atom. The molecule has 1 amide bonds. The summed E-state index contributed by atoms with van der Waals surface area (Å²) in [6.07, 6.45) is 0.688. The third kappa shape index (κ3) is 4.80. The van der Waals surface area contributed by atoms with Crippen LogP contribution in [0.1, 0.15) is 23.7 Å². The van der Waals surface area contributed by atoms with E-state index in [0.717, 1.165) is 12.1 Å². The number of nitrogens with one attached hydrogen (secondary N) is 2.